The van der Waals surface area contributed by atoms with Gasteiger partial charge in [-0.2, -0.15) is 0 Å². The maximum Gasteiger partial charge on any atom is 0.182 e. The highest BCUT2D eigenvalue weighted by molar-refractivity contribution is 7.84. The fraction of sp³-hybridized carbons (Fsp3) is 0.417. The number of hydrogen-bond acceptors (Lipinski definition) is 6. The lowest BCUT2D eigenvalue weighted by Gasteiger charge is -2.12. The summed E-state index contributed by atoms with van der Waals surface area (Å²) in [6.07, 6.45) is 1.66. The standard InChI is InChI=1S/C12H17N5O2S/c1-8(7-20(3)18)17-12(14-15-16-17)9-4-5-11(19-2)10(13)6-9/h4-6,8H,7,13H2,1-3H3. The van der Waals surface area contributed by atoms with Crippen molar-refractivity contribution in [1.29, 1.82) is 0 Å². The van der Waals surface area contributed by atoms with Crippen LogP contribution in [0, 0.1) is 0 Å². The van der Waals surface area contributed by atoms with Crippen molar-refractivity contribution < 1.29 is 8.95 Å². The number of benzene rings is 1. The first-order valence-corrected chi connectivity index (χ1v) is 7.77. The van der Waals surface area contributed by atoms with Gasteiger partial charge in [0.2, 0.25) is 0 Å². The molecular formula is C12H17N5O2S. The van der Waals surface area contributed by atoms with Gasteiger partial charge in [-0.05, 0) is 35.5 Å². The molecule has 2 rings (SSSR count). The summed E-state index contributed by atoms with van der Waals surface area (Å²) in [6, 6.07) is 5.31. The number of hydrogen-bond donors (Lipinski definition) is 1. The van der Waals surface area contributed by atoms with Gasteiger partial charge in [0.15, 0.2) is 5.82 Å². The van der Waals surface area contributed by atoms with Crippen LogP contribution < -0.4 is 10.5 Å². The third-order valence-corrected chi connectivity index (χ3v) is 3.83. The lowest BCUT2D eigenvalue weighted by Crippen LogP contribution is -2.15. The number of ether oxygens (including phenoxy) is 1. The second-order valence-corrected chi connectivity index (χ2v) is 5.97. The Bertz CT molecular complexity index is 628. The fourth-order valence-corrected chi connectivity index (χ4v) is 2.78. The number of anilines is 1. The molecule has 0 aliphatic carbocycles. The zero-order chi connectivity index (χ0) is 14.7. The van der Waals surface area contributed by atoms with Crippen molar-refractivity contribution in [2.75, 3.05) is 24.9 Å². The molecule has 0 saturated heterocycles. The first kappa shape index (κ1) is 14.4. The van der Waals surface area contributed by atoms with Crippen LogP contribution in [0.25, 0.3) is 11.4 Å². The highest BCUT2D eigenvalue weighted by atomic mass is 32.2. The quantitative estimate of drug-likeness (QED) is 0.822. The highest BCUT2D eigenvalue weighted by Gasteiger charge is 2.16. The van der Waals surface area contributed by atoms with Crippen LogP contribution >= 0.6 is 0 Å². The molecule has 20 heavy (non-hydrogen) atoms. The number of tetrazole rings is 1. The molecule has 7 nitrogen and oxygen atoms in total. The van der Waals surface area contributed by atoms with E-state index in [1.165, 1.54) is 0 Å². The largest absolute Gasteiger partial charge is 0.495 e. The highest BCUT2D eigenvalue weighted by Crippen LogP contribution is 2.27. The third kappa shape index (κ3) is 2.96. The zero-order valence-electron chi connectivity index (χ0n) is 11.6. The maximum atomic E-state index is 11.3. The lowest BCUT2D eigenvalue weighted by molar-refractivity contribution is 0.417. The van der Waals surface area contributed by atoms with Gasteiger partial charge in [0.25, 0.3) is 0 Å². The van der Waals surface area contributed by atoms with Gasteiger partial charge < -0.3 is 10.5 Å². The Morgan fingerprint density at radius 2 is 2.25 bits per heavy atom. The number of nitrogens with zero attached hydrogens (tertiary/aromatic N) is 4. The van der Waals surface area contributed by atoms with Gasteiger partial charge in [-0.25, -0.2) is 4.68 Å². The van der Waals surface area contributed by atoms with Gasteiger partial charge in [-0.1, -0.05) is 0 Å². The van der Waals surface area contributed by atoms with E-state index in [9.17, 15) is 4.21 Å². The number of methoxy groups -OCH3 is 1. The number of aromatic nitrogens is 4. The van der Waals surface area contributed by atoms with E-state index in [2.05, 4.69) is 15.5 Å². The van der Waals surface area contributed by atoms with E-state index in [0.29, 0.717) is 23.0 Å². The molecule has 0 bridgehead atoms. The summed E-state index contributed by atoms with van der Waals surface area (Å²) in [5, 5.41) is 11.7. The molecular weight excluding hydrogens is 278 g/mol. The van der Waals surface area contributed by atoms with Gasteiger partial charge in [-0.3, -0.25) is 4.21 Å². The molecule has 2 N–H and O–H groups in total. The van der Waals surface area contributed by atoms with Crippen LogP contribution in [0.3, 0.4) is 0 Å². The van der Waals surface area contributed by atoms with Gasteiger partial charge in [0, 0.05) is 28.4 Å². The fourth-order valence-electron chi connectivity index (χ4n) is 1.96. The Labute approximate surface area is 119 Å². The summed E-state index contributed by atoms with van der Waals surface area (Å²) in [6.45, 7) is 1.92. The normalized spacial score (nSPS) is 13.9. The van der Waals surface area contributed by atoms with E-state index in [-0.39, 0.29) is 6.04 Å². The predicted octanol–water partition coefficient (Wildman–Crippen LogP) is 0.870. The number of nitrogens with two attached hydrogens (primary N) is 1. The van der Waals surface area contributed by atoms with Crippen molar-refractivity contribution in [1.82, 2.24) is 20.2 Å². The average Bonchev–Trinajstić information content (AvgIpc) is 2.87. The molecule has 2 unspecified atom stereocenters. The summed E-state index contributed by atoms with van der Waals surface area (Å²) in [5.41, 5.74) is 7.21. The topological polar surface area (TPSA) is 95.9 Å². The molecule has 8 heteroatoms. The minimum Gasteiger partial charge on any atom is -0.495 e. The second kappa shape index (κ2) is 6.00. The molecule has 0 aliphatic rings. The molecule has 0 amide bonds. The Morgan fingerprint density at radius 3 is 2.85 bits per heavy atom. The molecule has 108 valence electrons. The lowest BCUT2D eigenvalue weighted by atomic mass is 10.1. The molecule has 1 aromatic heterocycles. The van der Waals surface area contributed by atoms with Crippen LogP contribution in [0.4, 0.5) is 5.69 Å². The Balaban J connectivity index is 2.36. The molecule has 0 spiro atoms. The van der Waals surface area contributed by atoms with Crippen molar-refractivity contribution in [2.24, 2.45) is 0 Å². The van der Waals surface area contributed by atoms with Crippen LogP contribution in [0.5, 0.6) is 5.75 Å². The van der Waals surface area contributed by atoms with E-state index < -0.39 is 10.8 Å². The van der Waals surface area contributed by atoms with E-state index in [0.717, 1.165) is 5.56 Å². The Hall–Kier alpha value is -1.96. The van der Waals surface area contributed by atoms with Gasteiger partial charge in [0.05, 0.1) is 18.8 Å². The third-order valence-electron chi connectivity index (χ3n) is 2.87. The minimum absolute atomic E-state index is 0.0610. The first-order valence-electron chi connectivity index (χ1n) is 6.04. The molecule has 0 radical (unpaired) electrons. The molecule has 1 aromatic carbocycles. The minimum atomic E-state index is -0.916. The Kier molecular flexibility index (Phi) is 4.33. The maximum absolute atomic E-state index is 11.3. The number of nitrogen functional groups attached to an aromatic ring is 1. The van der Waals surface area contributed by atoms with Gasteiger partial charge in [0.1, 0.15) is 5.75 Å². The van der Waals surface area contributed by atoms with Crippen LogP contribution in [-0.2, 0) is 10.8 Å². The summed E-state index contributed by atoms with van der Waals surface area (Å²) in [5.74, 6) is 1.69. The molecule has 2 aromatic rings. The molecule has 1 heterocycles. The SMILES string of the molecule is COc1ccc(-c2nnnn2C(C)CS(C)=O)cc1N. The average molecular weight is 295 g/mol. The molecule has 0 aliphatic heterocycles. The number of rotatable bonds is 5. The van der Waals surface area contributed by atoms with Crippen molar-refractivity contribution in [3.8, 4) is 17.1 Å². The van der Waals surface area contributed by atoms with Crippen LogP contribution in [0.1, 0.15) is 13.0 Å². The van der Waals surface area contributed by atoms with Crippen molar-refractivity contribution in [2.45, 2.75) is 13.0 Å². The summed E-state index contributed by atoms with van der Waals surface area (Å²) < 4.78 is 18.1. The molecule has 2 atom stereocenters. The van der Waals surface area contributed by atoms with Crippen LogP contribution in [-0.4, -0.2) is 43.5 Å². The molecule has 0 fully saturated rings. The second-order valence-electron chi connectivity index (χ2n) is 4.49. The van der Waals surface area contributed by atoms with Gasteiger partial charge in [-0.15, -0.1) is 5.10 Å². The van der Waals surface area contributed by atoms with E-state index >= 15 is 0 Å². The summed E-state index contributed by atoms with van der Waals surface area (Å²) >= 11 is 0. The smallest absolute Gasteiger partial charge is 0.182 e. The first-order chi connectivity index (χ1) is 9.52. The van der Waals surface area contributed by atoms with E-state index in [1.807, 2.05) is 13.0 Å². The monoisotopic (exact) mass is 295 g/mol. The van der Waals surface area contributed by atoms with Crippen molar-refractivity contribution in [3.05, 3.63) is 18.2 Å². The summed E-state index contributed by atoms with van der Waals surface area (Å²) in [7, 11) is 0.648. The van der Waals surface area contributed by atoms with Gasteiger partial charge >= 0.3 is 0 Å². The zero-order valence-corrected chi connectivity index (χ0v) is 12.4. The predicted molar refractivity (Wildman–Crippen MR) is 77.9 cm³/mol. The molecule has 0 saturated carbocycles. The van der Waals surface area contributed by atoms with Crippen LogP contribution in [0.15, 0.2) is 18.2 Å². The van der Waals surface area contributed by atoms with E-state index in [4.69, 9.17) is 10.5 Å². The van der Waals surface area contributed by atoms with E-state index in [1.54, 1.807) is 30.2 Å². The van der Waals surface area contributed by atoms with Crippen LogP contribution in [0.2, 0.25) is 0 Å². The van der Waals surface area contributed by atoms with Crippen molar-refractivity contribution >= 4 is 16.5 Å². The Morgan fingerprint density at radius 1 is 1.50 bits per heavy atom. The summed E-state index contributed by atoms with van der Waals surface area (Å²) in [4.78, 5) is 0. The van der Waals surface area contributed by atoms with Crippen molar-refractivity contribution in [3.63, 3.8) is 0 Å².